The average molecular weight is 295 g/mol. The van der Waals surface area contributed by atoms with Gasteiger partial charge in [0.1, 0.15) is 16.1 Å². The van der Waals surface area contributed by atoms with Crippen LogP contribution in [0.2, 0.25) is 0 Å². The molecule has 90 valence electrons. The van der Waals surface area contributed by atoms with Crippen LogP contribution in [0.5, 0.6) is 0 Å². The van der Waals surface area contributed by atoms with Gasteiger partial charge in [-0.3, -0.25) is 10.8 Å². The number of nitrogens with zero attached hydrogens (tertiary/aromatic N) is 2. The molecule has 0 saturated carbocycles. The Hall–Kier alpha value is -1.23. The molecule has 1 atom stereocenters. The van der Waals surface area contributed by atoms with E-state index in [-0.39, 0.29) is 0 Å². The van der Waals surface area contributed by atoms with E-state index in [4.69, 9.17) is 10.8 Å². The minimum Gasteiger partial charge on any atom is -0.314 e. The number of piperidine rings is 1. The van der Waals surface area contributed by atoms with Gasteiger partial charge in [-0.05, 0) is 40.4 Å². The largest absolute Gasteiger partial charge is 0.314 e. The summed E-state index contributed by atoms with van der Waals surface area (Å²) in [7, 11) is 0. The van der Waals surface area contributed by atoms with Gasteiger partial charge in [0.15, 0.2) is 5.84 Å². The fourth-order valence-corrected chi connectivity index (χ4v) is 2.30. The van der Waals surface area contributed by atoms with Gasteiger partial charge in [0.25, 0.3) is 0 Å². The van der Waals surface area contributed by atoms with Crippen LogP contribution in [0.15, 0.2) is 22.8 Å². The Morgan fingerprint density at radius 3 is 2.94 bits per heavy atom. The number of nitrogens with one attached hydrogen (secondary N) is 2. The van der Waals surface area contributed by atoms with Gasteiger partial charge in [0.05, 0.1) is 0 Å². The maximum Gasteiger partial charge on any atom is 0.152 e. The Balaban J connectivity index is 2.18. The molecular formula is C12H15BrN4. The smallest absolute Gasteiger partial charge is 0.152 e. The second-order valence-corrected chi connectivity index (χ2v) is 5.20. The quantitative estimate of drug-likeness (QED) is 0.475. The number of rotatable bonds is 1. The highest BCUT2D eigenvalue weighted by atomic mass is 79.9. The van der Waals surface area contributed by atoms with Gasteiger partial charge in [0, 0.05) is 13.0 Å². The molecule has 1 fully saturated rings. The highest BCUT2D eigenvalue weighted by Gasteiger charge is 2.24. The molecule has 2 heterocycles. The Labute approximate surface area is 109 Å². The Morgan fingerprint density at radius 2 is 2.29 bits per heavy atom. The Bertz CT molecular complexity index is 458. The predicted molar refractivity (Wildman–Crippen MR) is 71.6 cm³/mol. The van der Waals surface area contributed by atoms with Crippen LogP contribution in [0.25, 0.3) is 0 Å². The van der Waals surface area contributed by atoms with Crippen molar-refractivity contribution in [1.82, 2.24) is 9.88 Å². The monoisotopic (exact) mass is 294 g/mol. The molecule has 2 rings (SSSR count). The molecule has 1 aliphatic rings. The molecule has 1 aromatic heterocycles. The number of likely N-dealkylation sites (tertiary alicyclic amines) is 1. The first-order chi connectivity index (χ1) is 8.08. The van der Waals surface area contributed by atoms with Crippen molar-refractivity contribution in [2.24, 2.45) is 5.92 Å². The summed E-state index contributed by atoms with van der Waals surface area (Å²) in [5.74, 6) is 1.39. The number of amidine groups is 2. The van der Waals surface area contributed by atoms with Crippen molar-refractivity contribution >= 4 is 27.6 Å². The zero-order valence-electron chi connectivity index (χ0n) is 9.70. The maximum absolute atomic E-state index is 8.12. The van der Waals surface area contributed by atoms with E-state index in [1.165, 1.54) is 0 Å². The number of pyridine rings is 1. The van der Waals surface area contributed by atoms with Crippen molar-refractivity contribution in [1.29, 1.82) is 10.8 Å². The standard InChI is InChI=1S/C12H15BrN4/c1-8-5-6-17(11(14)7-8)12(15)9-3-2-4-10(13)16-9/h2-4,8,14-15H,5-7H2,1H3. The lowest BCUT2D eigenvalue weighted by atomic mass is 9.98. The van der Waals surface area contributed by atoms with Gasteiger partial charge in [-0.25, -0.2) is 4.98 Å². The number of aromatic nitrogens is 1. The SMILES string of the molecule is CC1CCN(C(=N)c2cccc(Br)n2)C(=N)C1. The molecule has 0 amide bonds. The van der Waals surface area contributed by atoms with Crippen LogP contribution in [-0.2, 0) is 0 Å². The molecule has 0 aromatic carbocycles. The topological polar surface area (TPSA) is 63.8 Å². The summed E-state index contributed by atoms with van der Waals surface area (Å²) in [6.07, 6.45) is 1.77. The van der Waals surface area contributed by atoms with Gasteiger partial charge >= 0.3 is 0 Å². The first kappa shape index (κ1) is 12.2. The summed E-state index contributed by atoms with van der Waals surface area (Å²) < 4.78 is 0.719. The Kier molecular flexibility index (Phi) is 3.57. The van der Waals surface area contributed by atoms with Gasteiger partial charge < -0.3 is 4.90 Å². The maximum atomic E-state index is 8.12. The zero-order chi connectivity index (χ0) is 12.4. The van der Waals surface area contributed by atoms with E-state index in [2.05, 4.69) is 27.8 Å². The van der Waals surface area contributed by atoms with E-state index in [0.29, 0.717) is 23.3 Å². The van der Waals surface area contributed by atoms with Crippen molar-refractivity contribution in [2.45, 2.75) is 19.8 Å². The van der Waals surface area contributed by atoms with Crippen LogP contribution in [0.4, 0.5) is 0 Å². The number of hydrogen-bond acceptors (Lipinski definition) is 3. The van der Waals surface area contributed by atoms with Crippen molar-refractivity contribution in [3.63, 3.8) is 0 Å². The molecule has 1 aliphatic heterocycles. The van der Waals surface area contributed by atoms with Gasteiger partial charge in [-0.1, -0.05) is 13.0 Å². The van der Waals surface area contributed by atoms with Crippen LogP contribution >= 0.6 is 15.9 Å². The summed E-state index contributed by atoms with van der Waals surface area (Å²) in [4.78, 5) is 6.00. The summed E-state index contributed by atoms with van der Waals surface area (Å²) in [6.45, 7) is 2.89. The van der Waals surface area contributed by atoms with E-state index >= 15 is 0 Å². The zero-order valence-corrected chi connectivity index (χ0v) is 11.3. The van der Waals surface area contributed by atoms with Crippen molar-refractivity contribution in [3.8, 4) is 0 Å². The van der Waals surface area contributed by atoms with E-state index < -0.39 is 0 Å². The predicted octanol–water partition coefficient (Wildman–Crippen LogP) is 2.88. The minimum absolute atomic E-state index is 0.322. The third-order valence-electron chi connectivity index (χ3n) is 2.94. The summed E-state index contributed by atoms with van der Waals surface area (Å²) in [5.41, 5.74) is 0.610. The van der Waals surface area contributed by atoms with Crippen LogP contribution in [0.3, 0.4) is 0 Å². The number of hydrogen-bond donors (Lipinski definition) is 2. The van der Waals surface area contributed by atoms with E-state index in [1.807, 2.05) is 12.1 Å². The molecule has 1 unspecified atom stereocenters. The molecule has 4 nitrogen and oxygen atoms in total. The van der Waals surface area contributed by atoms with Crippen LogP contribution < -0.4 is 0 Å². The molecule has 0 aliphatic carbocycles. The molecular weight excluding hydrogens is 280 g/mol. The molecule has 0 radical (unpaired) electrons. The first-order valence-electron chi connectivity index (χ1n) is 5.64. The van der Waals surface area contributed by atoms with Crippen molar-refractivity contribution < 1.29 is 0 Å². The molecule has 1 saturated heterocycles. The molecule has 1 aromatic rings. The van der Waals surface area contributed by atoms with E-state index in [1.54, 1.807) is 11.0 Å². The molecule has 17 heavy (non-hydrogen) atoms. The fraction of sp³-hybridized carbons (Fsp3) is 0.417. The summed E-state index contributed by atoms with van der Waals surface area (Å²) >= 11 is 3.30. The third-order valence-corrected chi connectivity index (χ3v) is 3.38. The molecule has 5 heteroatoms. The summed E-state index contributed by atoms with van der Waals surface area (Å²) in [5, 5.41) is 16.1. The first-order valence-corrected chi connectivity index (χ1v) is 6.43. The second-order valence-electron chi connectivity index (χ2n) is 4.39. The van der Waals surface area contributed by atoms with Crippen LogP contribution in [-0.4, -0.2) is 28.1 Å². The van der Waals surface area contributed by atoms with Gasteiger partial charge in [0.2, 0.25) is 0 Å². The van der Waals surface area contributed by atoms with Crippen molar-refractivity contribution in [2.75, 3.05) is 6.54 Å². The lowest BCUT2D eigenvalue weighted by molar-refractivity contribution is 0.412. The average Bonchev–Trinajstić information content (AvgIpc) is 2.28. The lowest BCUT2D eigenvalue weighted by Gasteiger charge is -2.32. The van der Waals surface area contributed by atoms with Crippen LogP contribution in [0.1, 0.15) is 25.5 Å². The van der Waals surface area contributed by atoms with Crippen LogP contribution in [0, 0.1) is 16.7 Å². The second kappa shape index (κ2) is 4.96. The highest BCUT2D eigenvalue weighted by molar-refractivity contribution is 9.10. The molecule has 2 N–H and O–H groups in total. The minimum atomic E-state index is 0.322. The van der Waals surface area contributed by atoms with Gasteiger partial charge in [-0.2, -0.15) is 0 Å². The number of halogens is 1. The highest BCUT2D eigenvalue weighted by Crippen LogP contribution is 2.19. The van der Waals surface area contributed by atoms with Gasteiger partial charge in [-0.15, -0.1) is 0 Å². The lowest BCUT2D eigenvalue weighted by Crippen LogP contribution is -2.42. The molecule has 0 spiro atoms. The molecule has 0 bridgehead atoms. The third kappa shape index (κ3) is 2.72. The van der Waals surface area contributed by atoms with E-state index in [0.717, 1.165) is 24.0 Å². The van der Waals surface area contributed by atoms with Crippen molar-refractivity contribution in [3.05, 3.63) is 28.5 Å². The normalized spacial score (nSPS) is 20.5. The van der Waals surface area contributed by atoms with E-state index in [9.17, 15) is 0 Å². The summed E-state index contributed by atoms with van der Waals surface area (Å²) in [6, 6.07) is 5.50. The Morgan fingerprint density at radius 1 is 1.53 bits per heavy atom. The fourth-order valence-electron chi connectivity index (χ4n) is 1.95.